The van der Waals surface area contributed by atoms with Crippen molar-refractivity contribution in [1.82, 2.24) is 20.4 Å². The summed E-state index contributed by atoms with van der Waals surface area (Å²) in [6.45, 7) is 5.47. The SMILES string of the molecule is CN=C(NCC1(N2CCSCC2)CCCC1)N1CCC(CC(=O)NC)CC1.I. The van der Waals surface area contributed by atoms with Gasteiger partial charge in [-0.15, -0.1) is 24.0 Å². The normalized spacial score (nSPS) is 23.9. The first-order valence-electron chi connectivity index (χ1n) is 10.7. The third kappa shape index (κ3) is 6.14. The highest BCUT2D eigenvalue weighted by Crippen LogP contribution is 2.36. The van der Waals surface area contributed by atoms with Crippen LogP contribution in [0.2, 0.25) is 0 Å². The molecule has 2 N–H and O–H groups in total. The molecule has 0 aromatic heterocycles. The van der Waals surface area contributed by atoms with E-state index in [0.717, 1.165) is 38.4 Å². The summed E-state index contributed by atoms with van der Waals surface area (Å²) in [5.74, 6) is 4.26. The first-order valence-corrected chi connectivity index (χ1v) is 11.8. The van der Waals surface area contributed by atoms with Crippen molar-refractivity contribution >= 4 is 47.6 Å². The molecular formula is C20H38IN5OS. The van der Waals surface area contributed by atoms with E-state index in [1.807, 2.05) is 7.05 Å². The van der Waals surface area contributed by atoms with Gasteiger partial charge in [-0.05, 0) is 31.6 Å². The molecule has 0 spiro atoms. The minimum atomic E-state index is 0. The molecule has 0 unspecified atom stereocenters. The molecule has 3 rings (SSSR count). The summed E-state index contributed by atoms with van der Waals surface area (Å²) in [5, 5.41) is 6.48. The zero-order chi connectivity index (χ0) is 19.1. The molecule has 3 aliphatic rings. The van der Waals surface area contributed by atoms with Gasteiger partial charge in [0, 0.05) is 70.3 Å². The zero-order valence-electron chi connectivity index (χ0n) is 17.5. The van der Waals surface area contributed by atoms with Crippen LogP contribution in [0.4, 0.5) is 0 Å². The second kappa shape index (κ2) is 11.8. The highest BCUT2D eigenvalue weighted by Gasteiger charge is 2.40. The second-order valence-electron chi connectivity index (χ2n) is 8.24. The molecule has 28 heavy (non-hydrogen) atoms. The van der Waals surface area contributed by atoms with Crippen LogP contribution in [-0.2, 0) is 4.79 Å². The molecule has 2 saturated heterocycles. The van der Waals surface area contributed by atoms with Gasteiger partial charge in [-0.25, -0.2) is 0 Å². The fraction of sp³-hybridized carbons (Fsp3) is 0.900. The molecule has 0 radical (unpaired) electrons. The van der Waals surface area contributed by atoms with E-state index in [2.05, 4.69) is 37.2 Å². The predicted molar refractivity (Wildman–Crippen MR) is 130 cm³/mol. The Morgan fingerprint density at radius 2 is 1.79 bits per heavy atom. The summed E-state index contributed by atoms with van der Waals surface area (Å²) < 4.78 is 0. The lowest BCUT2D eigenvalue weighted by Crippen LogP contribution is -2.58. The zero-order valence-corrected chi connectivity index (χ0v) is 20.7. The molecule has 2 heterocycles. The first-order chi connectivity index (χ1) is 13.2. The Hall–Kier alpha value is -0.220. The molecule has 3 fully saturated rings. The summed E-state index contributed by atoms with van der Waals surface area (Å²) in [6.07, 6.45) is 8.15. The Bertz CT molecular complexity index is 513. The van der Waals surface area contributed by atoms with Gasteiger partial charge < -0.3 is 15.5 Å². The van der Waals surface area contributed by atoms with Gasteiger partial charge in [0.25, 0.3) is 0 Å². The number of hydrogen-bond donors (Lipinski definition) is 2. The van der Waals surface area contributed by atoms with Gasteiger partial charge in [0.2, 0.25) is 5.91 Å². The number of piperidine rings is 1. The van der Waals surface area contributed by atoms with Gasteiger partial charge in [-0.2, -0.15) is 11.8 Å². The molecule has 0 aromatic rings. The molecule has 0 atom stereocenters. The lowest BCUT2D eigenvalue weighted by atomic mass is 9.93. The van der Waals surface area contributed by atoms with Crippen LogP contribution in [0, 0.1) is 5.92 Å². The largest absolute Gasteiger partial charge is 0.359 e. The van der Waals surface area contributed by atoms with Crippen molar-refractivity contribution in [2.75, 3.05) is 58.3 Å². The number of hydrogen-bond acceptors (Lipinski definition) is 4. The summed E-state index contributed by atoms with van der Waals surface area (Å²) in [7, 11) is 3.63. The van der Waals surface area contributed by atoms with E-state index in [9.17, 15) is 4.79 Å². The summed E-state index contributed by atoms with van der Waals surface area (Å²) in [4.78, 5) is 21.3. The summed E-state index contributed by atoms with van der Waals surface area (Å²) >= 11 is 2.09. The molecule has 1 saturated carbocycles. The molecule has 6 nitrogen and oxygen atoms in total. The van der Waals surface area contributed by atoms with Gasteiger partial charge in [0.1, 0.15) is 0 Å². The maximum Gasteiger partial charge on any atom is 0.220 e. The summed E-state index contributed by atoms with van der Waals surface area (Å²) in [5.41, 5.74) is 0.328. The Morgan fingerprint density at radius 1 is 1.14 bits per heavy atom. The van der Waals surface area contributed by atoms with Crippen LogP contribution >= 0.6 is 35.7 Å². The van der Waals surface area contributed by atoms with Crippen molar-refractivity contribution < 1.29 is 4.79 Å². The van der Waals surface area contributed by atoms with Gasteiger partial charge >= 0.3 is 0 Å². The number of rotatable bonds is 5. The molecular weight excluding hydrogens is 485 g/mol. The van der Waals surface area contributed by atoms with Crippen LogP contribution in [0.25, 0.3) is 0 Å². The number of halogens is 1. The Labute approximate surface area is 192 Å². The smallest absolute Gasteiger partial charge is 0.220 e. The van der Waals surface area contributed by atoms with Crippen molar-refractivity contribution in [3.05, 3.63) is 0 Å². The number of likely N-dealkylation sites (tertiary alicyclic amines) is 1. The highest BCUT2D eigenvalue weighted by atomic mass is 127. The average Bonchev–Trinajstić information content (AvgIpc) is 3.20. The molecule has 2 aliphatic heterocycles. The second-order valence-corrected chi connectivity index (χ2v) is 9.46. The third-order valence-electron chi connectivity index (χ3n) is 6.67. The molecule has 1 aliphatic carbocycles. The Kier molecular flexibility index (Phi) is 10.2. The molecule has 1 amide bonds. The number of carbonyl (C=O) groups is 1. The standard InChI is InChI=1S/C20H37N5OS.HI/c1-21-18(26)15-17-5-9-24(10-6-17)19(22-2)23-16-20(7-3-4-8-20)25-11-13-27-14-12-25;/h17H,3-16H2,1-2H3,(H,21,26)(H,22,23);1H. The number of thioether (sulfide) groups is 1. The van der Waals surface area contributed by atoms with Crippen LogP contribution in [-0.4, -0.2) is 85.5 Å². The minimum absolute atomic E-state index is 0. The van der Waals surface area contributed by atoms with E-state index in [-0.39, 0.29) is 29.9 Å². The number of guanidine groups is 1. The van der Waals surface area contributed by atoms with Crippen LogP contribution in [0.15, 0.2) is 4.99 Å². The Morgan fingerprint density at radius 3 is 2.36 bits per heavy atom. The lowest BCUT2D eigenvalue weighted by molar-refractivity contribution is -0.121. The van der Waals surface area contributed by atoms with Gasteiger partial charge in [-0.3, -0.25) is 14.7 Å². The highest BCUT2D eigenvalue weighted by molar-refractivity contribution is 14.0. The van der Waals surface area contributed by atoms with Crippen molar-refractivity contribution in [1.29, 1.82) is 0 Å². The van der Waals surface area contributed by atoms with Gasteiger partial charge in [0.05, 0.1) is 0 Å². The van der Waals surface area contributed by atoms with Gasteiger partial charge in [-0.1, -0.05) is 12.8 Å². The van der Waals surface area contributed by atoms with Gasteiger partial charge in [0.15, 0.2) is 5.96 Å². The van der Waals surface area contributed by atoms with Crippen molar-refractivity contribution in [3.63, 3.8) is 0 Å². The molecule has 0 bridgehead atoms. The fourth-order valence-corrected chi connectivity index (χ4v) is 5.87. The predicted octanol–water partition coefficient (Wildman–Crippen LogP) is 2.39. The number of aliphatic imine (C=N–C) groups is 1. The molecule has 8 heteroatoms. The minimum Gasteiger partial charge on any atom is -0.359 e. The average molecular weight is 524 g/mol. The lowest BCUT2D eigenvalue weighted by Gasteiger charge is -2.44. The fourth-order valence-electron chi connectivity index (χ4n) is 4.96. The molecule has 162 valence electrons. The third-order valence-corrected chi connectivity index (χ3v) is 7.61. The number of nitrogens with one attached hydrogen (secondary N) is 2. The van der Waals surface area contributed by atoms with Crippen molar-refractivity contribution in [2.24, 2.45) is 10.9 Å². The molecule has 0 aromatic carbocycles. The first kappa shape index (κ1) is 24.1. The van der Waals surface area contributed by atoms with Crippen molar-refractivity contribution in [3.8, 4) is 0 Å². The number of nitrogens with zero attached hydrogens (tertiary/aromatic N) is 3. The quantitative estimate of drug-likeness (QED) is 0.329. The van der Waals surface area contributed by atoms with Crippen LogP contribution in [0.1, 0.15) is 44.9 Å². The van der Waals surface area contributed by atoms with Crippen LogP contribution < -0.4 is 10.6 Å². The van der Waals surface area contributed by atoms with Crippen LogP contribution in [0.5, 0.6) is 0 Å². The monoisotopic (exact) mass is 523 g/mol. The number of amides is 1. The maximum atomic E-state index is 11.6. The van der Waals surface area contributed by atoms with E-state index < -0.39 is 0 Å². The van der Waals surface area contributed by atoms with Crippen LogP contribution in [0.3, 0.4) is 0 Å². The van der Waals surface area contributed by atoms with E-state index in [1.54, 1.807) is 7.05 Å². The van der Waals surface area contributed by atoms with Crippen molar-refractivity contribution in [2.45, 2.75) is 50.5 Å². The summed E-state index contributed by atoms with van der Waals surface area (Å²) in [6, 6.07) is 0. The maximum absolute atomic E-state index is 11.6. The topological polar surface area (TPSA) is 60.0 Å². The van der Waals surface area contributed by atoms with E-state index in [1.165, 1.54) is 50.3 Å². The Balaban J connectivity index is 0.00000280. The van der Waals surface area contributed by atoms with E-state index in [0.29, 0.717) is 17.9 Å². The van der Waals surface area contributed by atoms with E-state index >= 15 is 0 Å². The van der Waals surface area contributed by atoms with E-state index in [4.69, 9.17) is 0 Å². The number of carbonyl (C=O) groups excluding carboxylic acids is 1.